The molecule has 1 heterocycles. The smallest absolute Gasteiger partial charge is 0.308 e. The molecule has 0 bridgehead atoms. The maximum atomic E-state index is 13.0. The van der Waals surface area contributed by atoms with E-state index in [0.717, 1.165) is 25.1 Å². The third-order valence-electron chi connectivity index (χ3n) is 3.91. The van der Waals surface area contributed by atoms with Crippen molar-refractivity contribution in [2.45, 2.75) is 19.3 Å². The van der Waals surface area contributed by atoms with Gasteiger partial charge in [0.15, 0.2) is 0 Å². The van der Waals surface area contributed by atoms with Crippen molar-refractivity contribution in [1.29, 1.82) is 0 Å². The van der Waals surface area contributed by atoms with Crippen LogP contribution in [-0.4, -0.2) is 48.8 Å². The molecule has 5 heteroatoms. The lowest BCUT2D eigenvalue weighted by molar-refractivity contribution is -0.141. The first-order valence-electron chi connectivity index (χ1n) is 7.40. The zero-order valence-corrected chi connectivity index (χ0v) is 12.3. The quantitative estimate of drug-likeness (QED) is 0.785. The van der Waals surface area contributed by atoms with Crippen LogP contribution in [0.4, 0.5) is 4.39 Å². The fraction of sp³-hybridized carbons (Fsp3) is 0.562. The second-order valence-corrected chi connectivity index (χ2v) is 5.47. The van der Waals surface area contributed by atoms with Crippen molar-refractivity contribution >= 4 is 5.97 Å². The predicted octanol–water partition coefficient (Wildman–Crippen LogP) is 2.35. The minimum absolute atomic E-state index is 0.0886. The normalized spacial score (nSPS) is 22.6. The highest BCUT2D eigenvalue weighted by Gasteiger charge is 2.38. The van der Waals surface area contributed by atoms with Crippen molar-refractivity contribution in [2.24, 2.45) is 5.92 Å². The van der Waals surface area contributed by atoms with Crippen LogP contribution in [0.2, 0.25) is 0 Å². The van der Waals surface area contributed by atoms with Crippen LogP contribution < -0.4 is 0 Å². The van der Waals surface area contributed by atoms with E-state index in [2.05, 4.69) is 11.8 Å². The van der Waals surface area contributed by atoms with Gasteiger partial charge in [-0.25, -0.2) is 4.39 Å². The average molecular weight is 295 g/mol. The third-order valence-corrected chi connectivity index (χ3v) is 3.91. The topological polar surface area (TPSA) is 49.8 Å². The van der Waals surface area contributed by atoms with Crippen LogP contribution in [-0.2, 0) is 9.53 Å². The van der Waals surface area contributed by atoms with E-state index >= 15 is 0 Å². The fourth-order valence-electron chi connectivity index (χ4n) is 2.81. The Morgan fingerprint density at radius 3 is 2.67 bits per heavy atom. The lowest BCUT2D eigenvalue weighted by atomic mass is 9.89. The van der Waals surface area contributed by atoms with Gasteiger partial charge in [-0.2, -0.15) is 0 Å². The molecule has 0 radical (unpaired) electrons. The fourth-order valence-corrected chi connectivity index (χ4v) is 2.81. The van der Waals surface area contributed by atoms with E-state index in [1.54, 1.807) is 12.1 Å². The number of hydrogen-bond donors (Lipinski definition) is 1. The first kappa shape index (κ1) is 15.9. The summed E-state index contributed by atoms with van der Waals surface area (Å²) in [4.78, 5) is 13.6. The highest BCUT2D eigenvalue weighted by molar-refractivity contribution is 5.72. The molecule has 1 aromatic carbocycles. The Hall–Kier alpha value is -1.46. The maximum Gasteiger partial charge on any atom is 0.308 e. The van der Waals surface area contributed by atoms with Crippen molar-refractivity contribution < 1.29 is 19.0 Å². The molecule has 1 aliphatic heterocycles. The van der Waals surface area contributed by atoms with Gasteiger partial charge in [-0.05, 0) is 24.1 Å². The molecule has 0 amide bonds. The minimum atomic E-state index is -0.790. The van der Waals surface area contributed by atoms with Gasteiger partial charge in [0.1, 0.15) is 5.82 Å². The Bertz CT molecular complexity index is 463. The van der Waals surface area contributed by atoms with Crippen LogP contribution in [0, 0.1) is 11.7 Å². The number of carboxylic acid groups (broad SMARTS) is 1. The molecule has 2 rings (SSSR count). The molecular formula is C16H22FNO3. The van der Waals surface area contributed by atoms with E-state index in [9.17, 15) is 14.3 Å². The van der Waals surface area contributed by atoms with Crippen molar-refractivity contribution in [3.05, 3.63) is 35.6 Å². The summed E-state index contributed by atoms with van der Waals surface area (Å²) in [7, 11) is 0. The molecule has 0 aliphatic carbocycles. The van der Waals surface area contributed by atoms with Crippen LogP contribution in [0.1, 0.15) is 24.8 Å². The van der Waals surface area contributed by atoms with Gasteiger partial charge in [0, 0.05) is 32.2 Å². The van der Waals surface area contributed by atoms with Crippen LogP contribution >= 0.6 is 0 Å². The molecule has 2 atom stereocenters. The number of benzene rings is 1. The number of carboxylic acids is 1. The number of rotatable bonds is 7. The van der Waals surface area contributed by atoms with Crippen molar-refractivity contribution in [3.8, 4) is 0 Å². The number of nitrogens with zero attached hydrogens (tertiary/aromatic N) is 1. The van der Waals surface area contributed by atoms with Crippen LogP contribution in [0.25, 0.3) is 0 Å². The summed E-state index contributed by atoms with van der Waals surface area (Å²) in [6.45, 7) is 5.35. The van der Waals surface area contributed by atoms with Gasteiger partial charge < -0.3 is 9.84 Å². The number of ether oxygens (including phenoxy) is 1. The van der Waals surface area contributed by atoms with Crippen molar-refractivity contribution in [3.63, 3.8) is 0 Å². The van der Waals surface area contributed by atoms with Gasteiger partial charge in [-0.1, -0.05) is 19.1 Å². The maximum absolute atomic E-state index is 13.0. The Morgan fingerprint density at radius 1 is 1.33 bits per heavy atom. The molecule has 1 fully saturated rings. The van der Waals surface area contributed by atoms with E-state index < -0.39 is 11.9 Å². The number of halogens is 1. The van der Waals surface area contributed by atoms with Crippen LogP contribution in [0.5, 0.6) is 0 Å². The zero-order chi connectivity index (χ0) is 15.2. The Kier molecular flexibility index (Phi) is 5.70. The monoisotopic (exact) mass is 295 g/mol. The largest absolute Gasteiger partial charge is 0.481 e. The minimum Gasteiger partial charge on any atom is -0.481 e. The molecule has 1 N–H and O–H groups in total. The molecule has 1 aliphatic rings. The van der Waals surface area contributed by atoms with Gasteiger partial charge in [0.25, 0.3) is 0 Å². The molecular weight excluding hydrogens is 273 g/mol. The van der Waals surface area contributed by atoms with Gasteiger partial charge >= 0.3 is 5.97 Å². The summed E-state index contributed by atoms with van der Waals surface area (Å²) in [5.74, 6) is -1.62. The second kappa shape index (κ2) is 7.52. The molecule has 4 nitrogen and oxygen atoms in total. The molecule has 1 aromatic rings. The van der Waals surface area contributed by atoms with E-state index in [1.807, 2.05) is 0 Å². The number of aliphatic carboxylic acids is 1. The molecule has 21 heavy (non-hydrogen) atoms. The van der Waals surface area contributed by atoms with Crippen LogP contribution in [0.15, 0.2) is 24.3 Å². The Labute approximate surface area is 124 Å². The molecule has 116 valence electrons. The van der Waals surface area contributed by atoms with E-state index in [4.69, 9.17) is 4.74 Å². The highest BCUT2D eigenvalue weighted by Crippen LogP contribution is 2.32. The van der Waals surface area contributed by atoms with Crippen LogP contribution in [0.3, 0.4) is 0 Å². The highest BCUT2D eigenvalue weighted by atomic mass is 19.1. The summed E-state index contributed by atoms with van der Waals surface area (Å²) < 4.78 is 18.5. The molecule has 0 spiro atoms. The SMILES string of the molecule is CCCOCCN1C[C@@H](C(=O)O)[C@H](c2ccc(F)cc2)C1. The lowest BCUT2D eigenvalue weighted by Crippen LogP contribution is -2.26. The van der Waals surface area contributed by atoms with Crippen molar-refractivity contribution in [1.82, 2.24) is 4.90 Å². The summed E-state index contributed by atoms with van der Waals surface area (Å²) in [5.41, 5.74) is 0.890. The molecule has 0 unspecified atom stereocenters. The van der Waals surface area contributed by atoms with Crippen molar-refractivity contribution in [2.75, 3.05) is 32.8 Å². The first-order chi connectivity index (χ1) is 10.1. The molecule has 1 saturated heterocycles. The van der Waals surface area contributed by atoms with Gasteiger partial charge in [-0.15, -0.1) is 0 Å². The number of carbonyl (C=O) groups is 1. The third kappa shape index (κ3) is 4.25. The van der Waals surface area contributed by atoms with E-state index in [-0.39, 0.29) is 11.7 Å². The lowest BCUT2D eigenvalue weighted by Gasteiger charge is -2.16. The first-order valence-corrected chi connectivity index (χ1v) is 7.40. The second-order valence-electron chi connectivity index (χ2n) is 5.47. The Balaban J connectivity index is 1.98. The van der Waals surface area contributed by atoms with Gasteiger partial charge in [0.05, 0.1) is 12.5 Å². The zero-order valence-electron chi connectivity index (χ0n) is 12.3. The summed E-state index contributed by atoms with van der Waals surface area (Å²) in [5, 5.41) is 9.40. The Morgan fingerprint density at radius 2 is 2.05 bits per heavy atom. The standard InChI is InChI=1S/C16H22FNO3/c1-2-8-21-9-7-18-10-14(15(11-18)16(19)20)12-3-5-13(17)6-4-12/h3-6,14-15H,2,7-11H2,1H3,(H,19,20)/t14-,15+/m0/s1. The number of likely N-dealkylation sites (tertiary alicyclic amines) is 1. The summed E-state index contributed by atoms with van der Waals surface area (Å²) in [6, 6.07) is 6.16. The van der Waals surface area contributed by atoms with E-state index in [1.165, 1.54) is 12.1 Å². The predicted molar refractivity (Wildman–Crippen MR) is 77.8 cm³/mol. The number of hydrogen-bond acceptors (Lipinski definition) is 3. The van der Waals surface area contributed by atoms with Gasteiger partial charge in [-0.3, -0.25) is 9.69 Å². The van der Waals surface area contributed by atoms with Gasteiger partial charge in [0.2, 0.25) is 0 Å². The summed E-state index contributed by atoms with van der Waals surface area (Å²) in [6.07, 6.45) is 0.982. The van der Waals surface area contributed by atoms with E-state index in [0.29, 0.717) is 19.7 Å². The average Bonchev–Trinajstić information content (AvgIpc) is 2.89. The summed E-state index contributed by atoms with van der Waals surface area (Å²) >= 11 is 0. The molecule has 0 saturated carbocycles. The molecule has 0 aromatic heterocycles.